The molecule has 2 aromatic heterocycles. The SMILES string of the molecule is Clc1ccc(CN2CCc3nc(-c4cccnc4)ncc3C2)c(Cl)c1. The molecular weight excluding hydrogens is 355 g/mol. The molecule has 0 saturated heterocycles. The van der Waals surface area contributed by atoms with Crippen molar-refractivity contribution in [2.24, 2.45) is 0 Å². The van der Waals surface area contributed by atoms with Crippen LogP contribution in [0.15, 0.2) is 48.9 Å². The van der Waals surface area contributed by atoms with Crippen LogP contribution in [0.3, 0.4) is 0 Å². The molecule has 0 aliphatic carbocycles. The number of rotatable bonds is 3. The third-order valence-electron chi connectivity index (χ3n) is 4.34. The minimum Gasteiger partial charge on any atom is -0.294 e. The molecule has 6 heteroatoms. The summed E-state index contributed by atoms with van der Waals surface area (Å²) in [7, 11) is 0. The first-order chi connectivity index (χ1) is 12.2. The standard InChI is InChI=1S/C19H16Cl2N4/c20-16-4-3-14(17(21)8-16)11-25-7-5-18-15(12-25)10-23-19(24-18)13-2-1-6-22-9-13/h1-4,6,8-10H,5,7,11-12H2. The van der Waals surface area contributed by atoms with Gasteiger partial charge in [0.2, 0.25) is 0 Å². The van der Waals surface area contributed by atoms with Crippen LogP contribution in [0.2, 0.25) is 10.0 Å². The van der Waals surface area contributed by atoms with Crippen LogP contribution in [-0.4, -0.2) is 26.4 Å². The van der Waals surface area contributed by atoms with Gasteiger partial charge in [0, 0.05) is 65.8 Å². The predicted octanol–water partition coefficient (Wildman–Crippen LogP) is 4.40. The van der Waals surface area contributed by atoms with Gasteiger partial charge in [-0.25, -0.2) is 9.97 Å². The van der Waals surface area contributed by atoms with Crippen LogP contribution in [0.4, 0.5) is 0 Å². The number of halogens is 2. The summed E-state index contributed by atoms with van der Waals surface area (Å²) in [5.41, 5.74) is 4.32. The monoisotopic (exact) mass is 370 g/mol. The summed E-state index contributed by atoms with van der Waals surface area (Å²) in [6, 6.07) is 9.54. The van der Waals surface area contributed by atoms with E-state index < -0.39 is 0 Å². The zero-order valence-corrected chi connectivity index (χ0v) is 15.0. The maximum Gasteiger partial charge on any atom is 0.160 e. The third kappa shape index (κ3) is 3.66. The molecule has 0 atom stereocenters. The average molecular weight is 371 g/mol. The molecule has 1 aliphatic heterocycles. The molecule has 0 radical (unpaired) electrons. The van der Waals surface area contributed by atoms with Gasteiger partial charge in [-0.3, -0.25) is 9.88 Å². The van der Waals surface area contributed by atoms with E-state index in [-0.39, 0.29) is 0 Å². The van der Waals surface area contributed by atoms with Gasteiger partial charge < -0.3 is 0 Å². The lowest BCUT2D eigenvalue weighted by molar-refractivity contribution is 0.243. The minimum atomic E-state index is 0.661. The molecular formula is C19H16Cl2N4. The maximum atomic E-state index is 6.30. The second kappa shape index (κ2) is 7.08. The van der Waals surface area contributed by atoms with Crippen LogP contribution in [0.25, 0.3) is 11.4 Å². The Labute approximate surface area is 156 Å². The number of benzene rings is 1. The first-order valence-corrected chi connectivity index (χ1v) is 8.86. The first kappa shape index (κ1) is 16.5. The minimum absolute atomic E-state index is 0.661. The summed E-state index contributed by atoms with van der Waals surface area (Å²) >= 11 is 12.3. The van der Waals surface area contributed by atoms with Gasteiger partial charge >= 0.3 is 0 Å². The number of pyridine rings is 1. The quantitative estimate of drug-likeness (QED) is 0.684. The van der Waals surface area contributed by atoms with Crippen molar-refractivity contribution in [2.75, 3.05) is 6.54 Å². The first-order valence-electron chi connectivity index (χ1n) is 8.10. The van der Waals surface area contributed by atoms with E-state index >= 15 is 0 Å². The van der Waals surface area contributed by atoms with Crippen molar-refractivity contribution in [1.29, 1.82) is 0 Å². The Morgan fingerprint density at radius 2 is 2.04 bits per heavy atom. The molecule has 0 N–H and O–H groups in total. The molecule has 4 nitrogen and oxygen atoms in total. The van der Waals surface area contributed by atoms with Crippen molar-refractivity contribution in [3.05, 3.63) is 75.8 Å². The third-order valence-corrected chi connectivity index (χ3v) is 4.93. The van der Waals surface area contributed by atoms with Crippen LogP contribution in [0.5, 0.6) is 0 Å². The lowest BCUT2D eigenvalue weighted by Crippen LogP contribution is -2.31. The Balaban J connectivity index is 1.52. The molecule has 0 unspecified atom stereocenters. The lowest BCUT2D eigenvalue weighted by Gasteiger charge is -2.28. The molecule has 0 amide bonds. The largest absolute Gasteiger partial charge is 0.294 e. The van der Waals surface area contributed by atoms with Gasteiger partial charge in [-0.2, -0.15) is 0 Å². The predicted molar refractivity (Wildman–Crippen MR) is 99.5 cm³/mol. The second-order valence-corrected chi connectivity index (χ2v) is 6.95. The van der Waals surface area contributed by atoms with Crippen molar-refractivity contribution in [3.63, 3.8) is 0 Å². The fourth-order valence-electron chi connectivity index (χ4n) is 3.03. The van der Waals surface area contributed by atoms with Crippen LogP contribution in [0, 0.1) is 0 Å². The molecule has 126 valence electrons. The molecule has 1 aromatic carbocycles. The number of aromatic nitrogens is 3. The highest BCUT2D eigenvalue weighted by Gasteiger charge is 2.19. The molecule has 1 aliphatic rings. The van der Waals surface area contributed by atoms with Gasteiger partial charge in [-0.15, -0.1) is 0 Å². The van der Waals surface area contributed by atoms with Crippen LogP contribution in [-0.2, 0) is 19.5 Å². The van der Waals surface area contributed by atoms with E-state index in [0.717, 1.165) is 48.7 Å². The fourth-order valence-corrected chi connectivity index (χ4v) is 3.50. The number of fused-ring (bicyclic) bond motifs is 1. The van der Waals surface area contributed by atoms with Crippen molar-refractivity contribution >= 4 is 23.2 Å². The smallest absolute Gasteiger partial charge is 0.160 e. The molecule has 0 fully saturated rings. The summed E-state index contributed by atoms with van der Waals surface area (Å²) in [5.74, 6) is 0.737. The average Bonchev–Trinajstić information content (AvgIpc) is 2.64. The zero-order chi connectivity index (χ0) is 17.2. The molecule has 25 heavy (non-hydrogen) atoms. The van der Waals surface area contributed by atoms with Crippen molar-refractivity contribution in [3.8, 4) is 11.4 Å². The van der Waals surface area contributed by atoms with Gasteiger partial charge in [0.15, 0.2) is 5.82 Å². The molecule has 3 aromatic rings. The Morgan fingerprint density at radius 1 is 1.12 bits per heavy atom. The summed E-state index contributed by atoms with van der Waals surface area (Å²) in [6.45, 7) is 2.55. The number of nitrogens with zero attached hydrogens (tertiary/aromatic N) is 4. The molecule has 4 rings (SSSR count). The van der Waals surface area contributed by atoms with E-state index in [2.05, 4.69) is 14.9 Å². The molecule has 0 bridgehead atoms. The zero-order valence-electron chi connectivity index (χ0n) is 13.5. The van der Waals surface area contributed by atoms with Crippen LogP contribution < -0.4 is 0 Å². The Morgan fingerprint density at radius 3 is 2.84 bits per heavy atom. The van der Waals surface area contributed by atoms with Gasteiger partial charge in [-0.05, 0) is 29.8 Å². The molecule has 0 spiro atoms. The van der Waals surface area contributed by atoms with E-state index in [1.54, 1.807) is 18.5 Å². The normalized spacial score (nSPS) is 14.3. The van der Waals surface area contributed by atoms with E-state index in [4.69, 9.17) is 28.2 Å². The van der Waals surface area contributed by atoms with Gasteiger partial charge in [0.25, 0.3) is 0 Å². The Kier molecular flexibility index (Phi) is 4.66. The van der Waals surface area contributed by atoms with Crippen LogP contribution in [0.1, 0.15) is 16.8 Å². The van der Waals surface area contributed by atoms with Crippen molar-refractivity contribution in [1.82, 2.24) is 19.9 Å². The summed E-state index contributed by atoms with van der Waals surface area (Å²) in [5, 5.41) is 1.37. The van der Waals surface area contributed by atoms with E-state index in [1.807, 2.05) is 30.5 Å². The maximum absolute atomic E-state index is 6.30. The van der Waals surface area contributed by atoms with E-state index in [9.17, 15) is 0 Å². The van der Waals surface area contributed by atoms with Gasteiger partial charge in [0.05, 0.1) is 5.69 Å². The molecule has 3 heterocycles. The van der Waals surface area contributed by atoms with E-state index in [0.29, 0.717) is 10.0 Å². The summed E-state index contributed by atoms with van der Waals surface area (Å²) in [4.78, 5) is 15.7. The second-order valence-electron chi connectivity index (χ2n) is 6.10. The van der Waals surface area contributed by atoms with Gasteiger partial charge in [0.1, 0.15) is 0 Å². The summed E-state index contributed by atoms with van der Waals surface area (Å²) in [6.07, 6.45) is 6.37. The Bertz CT molecular complexity index is 899. The van der Waals surface area contributed by atoms with Crippen molar-refractivity contribution in [2.45, 2.75) is 19.5 Å². The molecule has 0 saturated carbocycles. The summed E-state index contributed by atoms with van der Waals surface area (Å²) < 4.78 is 0. The Hall–Kier alpha value is -2.01. The van der Waals surface area contributed by atoms with E-state index in [1.165, 1.54) is 5.56 Å². The van der Waals surface area contributed by atoms with Gasteiger partial charge in [-0.1, -0.05) is 29.3 Å². The highest BCUT2D eigenvalue weighted by atomic mass is 35.5. The highest BCUT2D eigenvalue weighted by Crippen LogP contribution is 2.25. The topological polar surface area (TPSA) is 41.9 Å². The fraction of sp³-hybridized carbons (Fsp3) is 0.211. The number of hydrogen-bond acceptors (Lipinski definition) is 4. The highest BCUT2D eigenvalue weighted by molar-refractivity contribution is 6.35. The van der Waals surface area contributed by atoms with Crippen molar-refractivity contribution < 1.29 is 0 Å². The van der Waals surface area contributed by atoms with Crippen LogP contribution >= 0.6 is 23.2 Å². The number of hydrogen-bond donors (Lipinski definition) is 0. The lowest BCUT2D eigenvalue weighted by atomic mass is 10.1.